The van der Waals surface area contributed by atoms with Crippen LogP contribution in [-0.2, 0) is 38.7 Å². The van der Waals surface area contributed by atoms with E-state index in [1.807, 2.05) is 0 Å². The topological polar surface area (TPSA) is 186 Å². The van der Waals surface area contributed by atoms with Gasteiger partial charge in [0.2, 0.25) is 0 Å². The standard InChI is InChI=1S/C42H80O12S/c1-3-5-7-9-11-13-15-17-18-19-21-23-25-27-29-31-38(44)53-35(33-52-42-41(47)40(46)39(45)36(54-42)34-55(48,49)50)32-51-37(43)30-28-26-24-22-20-16-14-12-10-8-6-4-2/h35-36,39-42,45-47H,3-34H2,1-2H3,(H,48,49,50)/t35-,36-,39-,40?,41?,42+/m1/s1. The monoisotopic (exact) mass is 809 g/mol. The van der Waals surface area contributed by atoms with Crippen LogP contribution in [0.25, 0.3) is 0 Å². The van der Waals surface area contributed by atoms with Crippen molar-refractivity contribution in [1.29, 1.82) is 0 Å². The highest BCUT2D eigenvalue weighted by Gasteiger charge is 2.46. The summed E-state index contributed by atoms with van der Waals surface area (Å²) < 4.78 is 54.0. The fraction of sp³-hybridized carbons (Fsp3) is 0.952. The van der Waals surface area contributed by atoms with Gasteiger partial charge in [-0.15, -0.1) is 0 Å². The van der Waals surface area contributed by atoms with E-state index in [-0.39, 0.29) is 19.4 Å². The highest BCUT2D eigenvalue weighted by molar-refractivity contribution is 7.85. The first kappa shape index (κ1) is 51.7. The highest BCUT2D eigenvalue weighted by atomic mass is 32.2. The number of hydrogen-bond acceptors (Lipinski definition) is 11. The average molecular weight is 809 g/mol. The number of carbonyl (C=O) groups is 2. The summed E-state index contributed by atoms with van der Waals surface area (Å²) in [6.45, 7) is 3.77. The van der Waals surface area contributed by atoms with Crippen molar-refractivity contribution in [3.05, 3.63) is 0 Å². The number of aliphatic hydroxyl groups excluding tert-OH is 3. The van der Waals surface area contributed by atoms with Crippen molar-refractivity contribution in [3.63, 3.8) is 0 Å². The first-order chi connectivity index (χ1) is 26.5. The zero-order valence-corrected chi connectivity index (χ0v) is 35.4. The minimum Gasteiger partial charge on any atom is -0.462 e. The van der Waals surface area contributed by atoms with Crippen molar-refractivity contribution < 1.29 is 56.8 Å². The van der Waals surface area contributed by atoms with Gasteiger partial charge in [0.15, 0.2) is 12.4 Å². The predicted molar refractivity (Wildman–Crippen MR) is 215 cm³/mol. The summed E-state index contributed by atoms with van der Waals surface area (Å²) in [6, 6.07) is 0. The summed E-state index contributed by atoms with van der Waals surface area (Å²) in [4.78, 5) is 25.3. The van der Waals surface area contributed by atoms with Gasteiger partial charge in [-0.1, -0.05) is 174 Å². The van der Waals surface area contributed by atoms with Gasteiger partial charge in [0.05, 0.1) is 6.61 Å². The van der Waals surface area contributed by atoms with Crippen LogP contribution in [0.5, 0.6) is 0 Å². The van der Waals surface area contributed by atoms with Crippen LogP contribution < -0.4 is 0 Å². The van der Waals surface area contributed by atoms with Crippen LogP contribution in [0.1, 0.15) is 200 Å². The van der Waals surface area contributed by atoms with Crippen molar-refractivity contribution in [3.8, 4) is 0 Å². The molecule has 1 rings (SSSR count). The van der Waals surface area contributed by atoms with Gasteiger partial charge in [0, 0.05) is 12.8 Å². The zero-order valence-electron chi connectivity index (χ0n) is 34.6. The average Bonchev–Trinajstić information content (AvgIpc) is 3.14. The molecule has 0 saturated carbocycles. The summed E-state index contributed by atoms with van der Waals surface area (Å²) in [6.07, 6.45) is 22.9. The Morgan fingerprint density at radius 3 is 1.33 bits per heavy atom. The number of unbranched alkanes of at least 4 members (excludes halogenated alkanes) is 25. The van der Waals surface area contributed by atoms with Crippen molar-refractivity contribution >= 4 is 22.1 Å². The lowest BCUT2D eigenvalue weighted by Gasteiger charge is -2.40. The molecule has 0 bridgehead atoms. The highest BCUT2D eigenvalue weighted by Crippen LogP contribution is 2.24. The summed E-state index contributed by atoms with van der Waals surface area (Å²) in [5, 5.41) is 30.8. The molecule has 55 heavy (non-hydrogen) atoms. The SMILES string of the molecule is CCCCCCCCCCCCCCCCCC(=O)O[C@H](COC(=O)CCCCCCCCCCCCCC)CO[C@H]1O[C@H](CS(=O)(=O)O)[C@@H](O)C(O)C1O. The molecule has 0 radical (unpaired) electrons. The van der Waals surface area contributed by atoms with E-state index in [1.54, 1.807) is 0 Å². The van der Waals surface area contributed by atoms with E-state index in [9.17, 15) is 37.9 Å². The summed E-state index contributed by atoms with van der Waals surface area (Å²) >= 11 is 0. The predicted octanol–water partition coefficient (Wildman–Crippen LogP) is 8.51. The number of esters is 2. The van der Waals surface area contributed by atoms with E-state index >= 15 is 0 Å². The molecule has 0 aromatic rings. The lowest BCUT2D eigenvalue weighted by atomic mass is 10.00. The maximum atomic E-state index is 12.8. The fourth-order valence-electron chi connectivity index (χ4n) is 6.97. The Hall–Kier alpha value is -1.35. The smallest absolute Gasteiger partial charge is 0.306 e. The summed E-state index contributed by atoms with van der Waals surface area (Å²) in [7, 11) is -4.59. The van der Waals surface area contributed by atoms with Gasteiger partial charge in [0.25, 0.3) is 10.1 Å². The van der Waals surface area contributed by atoms with Crippen LogP contribution in [0, 0.1) is 0 Å². The number of ether oxygens (including phenoxy) is 4. The van der Waals surface area contributed by atoms with E-state index in [1.165, 1.54) is 122 Å². The molecule has 1 heterocycles. The first-order valence-electron chi connectivity index (χ1n) is 22.1. The van der Waals surface area contributed by atoms with Gasteiger partial charge < -0.3 is 34.3 Å². The summed E-state index contributed by atoms with van der Waals surface area (Å²) in [5.74, 6) is -1.96. The normalized spacial score (nSPS) is 20.7. The number of aliphatic hydroxyl groups is 3. The lowest BCUT2D eigenvalue weighted by molar-refractivity contribution is -0.297. The number of hydrogen-bond donors (Lipinski definition) is 4. The maximum Gasteiger partial charge on any atom is 0.306 e. The van der Waals surface area contributed by atoms with Crippen LogP contribution in [0.2, 0.25) is 0 Å². The van der Waals surface area contributed by atoms with Gasteiger partial charge >= 0.3 is 11.9 Å². The minimum absolute atomic E-state index is 0.172. The van der Waals surface area contributed by atoms with Gasteiger partial charge in [-0.25, -0.2) is 0 Å². The molecule has 0 spiro atoms. The Morgan fingerprint density at radius 1 is 0.545 bits per heavy atom. The molecule has 326 valence electrons. The molecular weight excluding hydrogens is 729 g/mol. The van der Waals surface area contributed by atoms with E-state index < -0.39 is 71.2 Å². The molecule has 1 aliphatic heterocycles. The Morgan fingerprint density at radius 2 is 0.927 bits per heavy atom. The molecule has 12 nitrogen and oxygen atoms in total. The van der Waals surface area contributed by atoms with Crippen molar-refractivity contribution in [2.75, 3.05) is 19.0 Å². The second-order valence-corrected chi connectivity index (χ2v) is 17.2. The molecule has 0 aromatic carbocycles. The van der Waals surface area contributed by atoms with Crippen molar-refractivity contribution in [2.45, 2.75) is 237 Å². The fourth-order valence-corrected chi connectivity index (χ4v) is 7.66. The van der Waals surface area contributed by atoms with Crippen LogP contribution in [0.4, 0.5) is 0 Å². The molecule has 1 aliphatic rings. The molecule has 2 unspecified atom stereocenters. The van der Waals surface area contributed by atoms with Crippen LogP contribution >= 0.6 is 0 Å². The van der Waals surface area contributed by atoms with Gasteiger partial charge in [0.1, 0.15) is 36.8 Å². The quantitative estimate of drug-likeness (QED) is 0.0267. The molecule has 13 heteroatoms. The molecule has 1 saturated heterocycles. The van der Waals surface area contributed by atoms with Crippen molar-refractivity contribution in [2.24, 2.45) is 0 Å². The van der Waals surface area contributed by atoms with Crippen LogP contribution in [0.3, 0.4) is 0 Å². The lowest BCUT2D eigenvalue weighted by Crippen LogP contribution is -2.60. The molecule has 0 aromatic heterocycles. The molecular formula is C42H80O12S. The zero-order chi connectivity index (χ0) is 40.6. The number of rotatable bonds is 37. The second kappa shape index (κ2) is 33.6. The molecule has 0 amide bonds. The third-order valence-corrected chi connectivity index (χ3v) is 11.2. The Labute approximate surface area is 333 Å². The Kier molecular flexibility index (Phi) is 31.6. The van der Waals surface area contributed by atoms with Crippen molar-refractivity contribution in [1.82, 2.24) is 0 Å². The minimum atomic E-state index is -4.59. The largest absolute Gasteiger partial charge is 0.462 e. The number of carbonyl (C=O) groups excluding carboxylic acids is 2. The van der Waals surface area contributed by atoms with E-state index in [0.717, 1.165) is 38.5 Å². The third-order valence-electron chi connectivity index (χ3n) is 10.4. The summed E-state index contributed by atoms with van der Waals surface area (Å²) in [5.41, 5.74) is 0. The molecule has 4 N–H and O–H groups in total. The van der Waals surface area contributed by atoms with Gasteiger partial charge in [-0.2, -0.15) is 8.42 Å². The molecule has 1 fully saturated rings. The van der Waals surface area contributed by atoms with Crippen LogP contribution in [-0.4, -0.2) is 96.0 Å². The third kappa shape index (κ3) is 28.7. The van der Waals surface area contributed by atoms with Gasteiger partial charge in [-0.05, 0) is 12.8 Å². The van der Waals surface area contributed by atoms with E-state index in [0.29, 0.717) is 12.8 Å². The maximum absolute atomic E-state index is 12.8. The van der Waals surface area contributed by atoms with E-state index in [4.69, 9.17) is 18.9 Å². The Bertz CT molecular complexity index is 1040. The van der Waals surface area contributed by atoms with Crippen LogP contribution in [0.15, 0.2) is 0 Å². The molecule has 6 atom stereocenters. The second-order valence-electron chi connectivity index (χ2n) is 15.7. The van der Waals surface area contributed by atoms with E-state index in [2.05, 4.69) is 13.8 Å². The van der Waals surface area contributed by atoms with Gasteiger partial charge in [-0.3, -0.25) is 14.1 Å². The molecule has 0 aliphatic carbocycles. The first-order valence-corrected chi connectivity index (χ1v) is 23.7. The Balaban J connectivity index is 2.45.